The van der Waals surface area contributed by atoms with Crippen LogP contribution in [-0.2, 0) is 25.7 Å². The van der Waals surface area contributed by atoms with Crippen molar-refractivity contribution in [2.24, 2.45) is 0 Å². The zero-order valence-electron chi connectivity index (χ0n) is 25.3. The molecule has 0 fully saturated rings. The molecule has 6 N–H and O–H groups in total. The molecule has 6 heterocycles. The lowest BCUT2D eigenvalue weighted by Gasteiger charge is -1.98. The second-order valence-electron chi connectivity index (χ2n) is 10.1. The number of halogens is 3. The molecule has 0 saturated heterocycles. The molecule has 0 aliphatic heterocycles. The minimum Gasteiger partial charge on any atom is -0.424 e. The smallest absolute Gasteiger partial charge is 0.424 e. The number of H-pyrrole nitrogens is 4. The van der Waals surface area contributed by atoms with E-state index in [0.717, 1.165) is 74.2 Å². The standard InChI is InChI=1S/C16H14ClN3OS.C14H11BrClN3OS.C2H5BO2/c1-2-11-7-10(8-16(21)18-11)14-9-12(19-20-14)3-4-13-5-6-15(17)22-13;15-12-5-8(6-14(20)17-12)11-7-9(18-19-11)1-2-10-3-4-13(16)21-10;1-2-3(4)5/h2,5-9H,1,3-4H2,(H,18,21)(H,19,20);3-7H,1-2H2,(H,17,20)(H,18,19);2,4-5H,1H2. The average Bonchev–Trinajstić information content (AvgIpc) is 3.87. The van der Waals surface area contributed by atoms with E-state index < -0.39 is 7.12 Å². The van der Waals surface area contributed by atoms with Gasteiger partial charge in [0.1, 0.15) is 0 Å². The molecule has 48 heavy (non-hydrogen) atoms. The number of aryl methyl sites for hydroxylation is 4. The number of aromatic nitrogens is 6. The van der Waals surface area contributed by atoms with Gasteiger partial charge in [0.15, 0.2) is 0 Å². The second-order valence-corrected chi connectivity index (χ2v) is 14.5. The van der Waals surface area contributed by atoms with Gasteiger partial charge in [-0.15, -0.1) is 29.3 Å². The van der Waals surface area contributed by atoms with Gasteiger partial charge < -0.3 is 20.0 Å². The van der Waals surface area contributed by atoms with Crippen molar-refractivity contribution >= 4 is 75.0 Å². The number of nitrogens with zero attached hydrogens (tertiary/aromatic N) is 2. The van der Waals surface area contributed by atoms with Gasteiger partial charge in [0.25, 0.3) is 0 Å². The van der Waals surface area contributed by atoms with Crippen molar-refractivity contribution in [3.8, 4) is 22.5 Å². The number of aromatic amines is 4. The zero-order chi connectivity index (χ0) is 34.6. The molecular formula is C32H30BBrCl2N6O4S2. The first-order valence-corrected chi connectivity index (χ1v) is 17.5. The molecular weight excluding hydrogens is 758 g/mol. The van der Waals surface area contributed by atoms with Crippen molar-refractivity contribution in [2.75, 3.05) is 0 Å². The predicted octanol–water partition coefficient (Wildman–Crippen LogP) is 7.12. The number of pyridine rings is 2. The lowest BCUT2D eigenvalue weighted by molar-refractivity contribution is 0.424. The SMILES string of the molecule is C=CB(O)O.C=Cc1cc(-c2cc(CCc3ccc(Cl)s3)[nH]n2)cc(=O)[nH]1.O=c1cc(-c2cc(CCc3ccc(Cl)s3)[nH]n2)cc(Br)[nH]1. The molecule has 6 aromatic rings. The molecule has 16 heteroatoms. The molecule has 0 unspecified atom stereocenters. The first kappa shape index (κ1) is 37.1. The Balaban J connectivity index is 0.000000191. The van der Waals surface area contributed by atoms with Crippen molar-refractivity contribution in [3.05, 3.63) is 141 Å². The molecule has 0 amide bonds. The monoisotopic (exact) mass is 786 g/mol. The molecule has 0 aromatic carbocycles. The maximum absolute atomic E-state index is 11.6. The maximum atomic E-state index is 11.6. The summed E-state index contributed by atoms with van der Waals surface area (Å²) in [5, 5.41) is 30.2. The summed E-state index contributed by atoms with van der Waals surface area (Å²) in [6.45, 7) is 6.73. The van der Waals surface area contributed by atoms with E-state index in [4.69, 9.17) is 33.2 Å². The van der Waals surface area contributed by atoms with Crippen LogP contribution in [0.4, 0.5) is 0 Å². The predicted molar refractivity (Wildman–Crippen MR) is 201 cm³/mol. The Hall–Kier alpha value is -3.76. The van der Waals surface area contributed by atoms with Gasteiger partial charge in [-0.25, -0.2) is 0 Å². The highest BCUT2D eigenvalue weighted by Gasteiger charge is 2.09. The molecule has 248 valence electrons. The van der Waals surface area contributed by atoms with Crippen molar-refractivity contribution in [2.45, 2.75) is 25.7 Å². The molecule has 0 atom stereocenters. The fourth-order valence-corrected chi connectivity index (χ4v) is 6.86. The van der Waals surface area contributed by atoms with E-state index in [1.54, 1.807) is 28.7 Å². The van der Waals surface area contributed by atoms with Crippen LogP contribution in [0.5, 0.6) is 0 Å². The van der Waals surface area contributed by atoms with Crippen LogP contribution in [0.1, 0.15) is 26.8 Å². The topological polar surface area (TPSA) is 164 Å². The van der Waals surface area contributed by atoms with E-state index in [-0.39, 0.29) is 11.1 Å². The van der Waals surface area contributed by atoms with Crippen LogP contribution in [0.25, 0.3) is 28.6 Å². The van der Waals surface area contributed by atoms with Crippen LogP contribution in [0.3, 0.4) is 0 Å². The molecule has 0 spiro atoms. The summed E-state index contributed by atoms with van der Waals surface area (Å²) in [6, 6.07) is 18.6. The molecule has 0 bridgehead atoms. The second kappa shape index (κ2) is 18.1. The van der Waals surface area contributed by atoms with Gasteiger partial charge >= 0.3 is 7.12 Å². The summed E-state index contributed by atoms with van der Waals surface area (Å²) in [5.41, 5.74) is 5.51. The number of nitrogens with one attached hydrogen (secondary N) is 4. The molecule has 0 radical (unpaired) electrons. The Morgan fingerprint density at radius 1 is 0.750 bits per heavy atom. The van der Waals surface area contributed by atoms with Crippen LogP contribution >= 0.6 is 61.8 Å². The normalized spacial score (nSPS) is 10.4. The molecule has 0 saturated carbocycles. The Morgan fingerprint density at radius 2 is 1.23 bits per heavy atom. The highest BCUT2D eigenvalue weighted by molar-refractivity contribution is 9.10. The number of hydrogen-bond acceptors (Lipinski definition) is 8. The molecule has 0 aliphatic rings. The highest BCUT2D eigenvalue weighted by atomic mass is 79.9. The van der Waals surface area contributed by atoms with Crippen LogP contribution in [-0.4, -0.2) is 47.5 Å². The summed E-state index contributed by atoms with van der Waals surface area (Å²) in [5.74, 6) is 1.03. The zero-order valence-corrected chi connectivity index (χ0v) is 30.0. The number of thiophene rings is 2. The summed E-state index contributed by atoms with van der Waals surface area (Å²) < 4.78 is 2.26. The summed E-state index contributed by atoms with van der Waals surface area (Å²) >= 11 is 18.3. The largest absolute Gasteiger partial charge is 0.480 e. The van der Waals surface area contributed by atoms with Gasteiger partial charge in [0.05, 0.1) is 24.7 Å². The quantitative estimate of drug-likeness (QED) is 0.0640. The van der Waals surface area contributed by atoms with Crippen LogP contribution in [0.2, 0.25) is 8.67 Å². The van der Waals surface area contributed by atoms with Gasteiger partial charge in [-0.3, -0.25) is 19.8 Å². The van der Waals surface area contributed by atoms with Gasteiger partial charge in [0.2, 0.25) is 11.1 Å². The van der Waals surface area contributed by atoms with Gasteiger partial charge in [-0.05, 0) is 96.2 Å². The third-order valence-corrected chi connectivity index (χ3v) is 9.51. The van der Waals surface area contributed by atoms with E-state index in [1.807, 2.05) is 48.5 Å². The van der Waals surface area contributed by atoms with Crippen molar-refractivity contribution in [3.63, 3.8) is 0 Å². The van der Waals surface area contributed by atoms with Crippen LogP contribution in [0, 0.1) is 0 Å². The minimum absolute atomic E-state index is 0.155. The van der Waals surface area contributed by atoms with Crippen LogP contribution < -0.4 is 11.1 Å². The number of hydrogen-bond donors (Lipinski definition) is 6. The molecule has 6 aromatic heterocycles. The Kier molecular flexibility index (Phi) is 14.0. The summed E-state index contributed by atoms with van der Waals surface area (Å²) in [4.78, 5) is 30.9. The number of rotatable bonds is 10. The Bertz CT molecular complexity index is 2080. The van der Waals surface area contributed by atoms with E-state index in [0.29, 0.717) is 10.3 Å². The van der Waals surface area contributed by atoms with E-state index in [2.05, 4.69) is 59.5 Å². The lowest BCUT2D eigenvalue weighted by atomic mass is 9.94. The van der Waals surface area contributed by atoms with Gasteiger partial charge in [0, 0.05) is 50.1 Å². The van der Waals surface area contributed by atoms with E-state index in [9.17, 15) is 9.59 Å². The van der Waals surface area contributed by atoms with Gasteiger partial charge in [-0.1, -0.05) is 35.8 Å². The average molecular weight is 788 g/mol. The highest BCUT2D eigenvalue weighted by Crippen LogP contribution is 2.25. The Morgan fingerprint density at radius 3 is 1.65 bits per heavy atom. The van der Waals surface area contributed by atoms with E-state index in [1.165, 1.54) is 21.9 Å². The summed E-state index contributed by atoms with van der Waals surface area (Å²) in [6.07, 6.45) is 5.14. The first-order chi connectivity index (χ1) is 23.0. The molecule has 6 rings (SSSR count). The molecule has 0 aliphatic carbocycles. The fraction of sp³-hybridized carbons (Fsp3) is 0.125. The third-order valence-electron chi connectivity index (χ3n) is 6.50. The third kappa shape index (κ3) is 11.7. The summed E-state index contributed by atoms with van der Waals surface area (Å²) in [7, 11) is -1.35. The van der Waals surface area contributed by atoms with Gasteiger partial charge in [-0.2, -0.15) is 10.2 Å². The lowest BCUT2D eigenvalue weighted by Crippen LogP contribution is -2.05. The van der Waals surface area contributed by atoms with Crippen molar-refractivity contribution in [1.82, 2.24) is 30.4 Å². The molecule has 10 nitrogen and oxygen atoms in total. The van der Waals surface area contributed by atoms with Crippen LogP contribution in [0.15, 0.2) is 94.0 Å². The maximum Gasteiger partial charge on any atom is 0.480 e. The minimum atomic E-state index is -1.35. The van der Waals surface area contributed by atoms with Crippen molar-refractivity contribution < 1.29 is 10.0 Å². The van der Waals surface area contributed by atoms with E-state index >= 15 is 0 Å². The Labute approximate surface area is 302 Å². The van der Waals surface area contributed by atoms with Crippen molar-refractivity contribution in [1.29, 1.82) is 0 Å². The fourth-order valence-electron chi connectivity index (χ4n) is 4.24. The first-order valence-electron chi connectivity index (χ1n) is 14.3.